The van der Waals surface area contributed by atoms with Gasteiger partial charge in [-0.1, -0.05) is 0 Å². The lowest BCUT2D eigenvalue weighted by atomic mass is 9.95. The molecule has 1 aromatic carbocycles. The summed E-state index contributed by atoms with van der Waals surface area (Å²) in [7, 11) is 0. The van der Waals surface area contributed by atoms with E-state index in [0.29, 0.717) is 11.3 Å². The number of halogens is 1. The van der Waals surface area contributed by atoms with E-state index in [-0.39, 0.29) is 11.4 Å². The van der Waals surface area contributed by atoms with Crippen LogP contribution in [0, 0.1) is 17.1 Å². The summed E-state index contributed by atoms with van der Waals surface area (Å²) in [6, 6.07) is 6.40. The van der Waals surface area contributed by atoms with Crippen LogP contribution in [0.4, 0.5) is 10.1 Å². The smallest absolute Gasteiger partial charge is 0.124 e. The third-order valence-corrected chi connectivity index (χ3v) is 5.71. The van der Waals surface area contributed by atoms with Crippen LogP contribution in [-0.2, 0) is 4.74 Å². The zero-order valence-electron chi connectivity index (χ0n) is 12.5. The van der Waals surface area contributed by atoms with Crippen molar-refractivity contribution in [2.75, 3.05) is 49.7 Å². The van der Waals surface area contributed by atoms with E-state index in [9.17, 15) is 4.39 Å². The van der Waals surface area contributed by atoms with E-state index in [1.807, 2.05) is 11.8 Å². The van der Waals surface area contributed by atoms with E-state index in [4.69, 9.17) is 10.00 Å². The number of thioether (sulfide) groups is 1. The van der Waals surface area contributed by atoms with Crippen molar-refractivity contribution in [3.63, 3.8) is 0 Å². The number of benzene rings is 1. The van der Waals surface area contributed by atoms with Gasteiger partial charge < -0.3 is 10.1 Å². The number of nitrogens with one attached hydrogen (secondary N) is 1. The predicted octanol–water partition coefficient (Wildman–Crippen LogP) is 2.32. The maximum Gasteiger partial charge on any atom is 0.124 e. The number of anilines is 1. The summed E-state index contributed by atoms with van der Waals surface area (Å²) in [6.07, 6.45) is 1.13. The second-order valence-electron chi connectivity index (χ2n) is 5.78. The van der Waals surface area contributed by atoms with Crippen LogP contribution >= 0.6 is 11.8 Å². The summed E-state index contributed by atoms with van der Waals surface area (Å²) in [4.78, 5) is 2.51. The number of ether oxygens (including phenoxy) is 1. The number of nitriles is 1. The lowest BCUT2D eigenvalue weighted by Crippen LogP contribution is -2.57. The van der Waals surface area contributed by atoms with Crippen LogP contribution in [0.2, 0.25) is 0 Å². The van der Waals surface area contributed by atoms with Gasteiger partial charge in [-0.25, -0.2) is 4.39 Å². The van der Waals surface area contributed by atoms with E-state index >= 15 is 0 Å². The summed E-state index contributed by atoms with van der Waals surface area (Å²) < 4.78 is 18.7. The lowest BCUT2D eigenvalue weighted by Gasteiger charge is -2.43. The summed E-state index contributed by atoms with van der Waals surface area (Å²) >= 11 is 1.97. The minimum Gasteiger partial charge on any atom is -0.382 e. The van der Waals surface area contributed by atoms with Crippen molar-refractivity contribution in [2.24, 2.45) is 0 Å². The van der Waals surface area contributed by atoms with Crippen molar-refractivity contribution in [2.45, 2.75) is 12.0 Å². The Balaban J connectivity index is 1.73. The molecule has 0 saturated carbocycles. The van der Waals surface area contributed by atoms with Gasteiger partial charge in [-0.2, -0.15) is 17.0 Å². The van der Waals surface area contributed by atoms with Crippen LogP contribution in [-0.4, -0.2) is 54.8 Å². The average Bonchev–Trinajstić information content (AvgIpc) is 3.04. The van der Waals surface area contributed by atoms with E-state index < -0.39 is 0 Å². The standard InChI is InChI=1S/C16H20FN3OS/c17-14-1-2-15(13(9-14)10-18)19-11-16(3-8-22-12-16)20-4-6-21-7-5-20/h1-2,9,19H,3-8,11-12H2. The summed E-state index contributed by atoms with van der Waals surface area (Å²) in [5.74, 6) is 1.87. The van der Waals surface area contributed by atoms with Crippen molar-refractivity contribution < 1.29 is 9.13 Å². The summed E-state index contributed by atoms with van der Waals surface area (Å²) in [5.41, 5.74) is 1.19. The van der Waals surface area contributed by atoms with E-state index in [2.05, 4.69) is 16.3 Å². The first-order chi connectivity index (χ1) is 10.7. The molecular formula is C16H20FN3OS. The first kappa shape index (κ1) is 15.6. The molecule has 22 heavy (non-hydrogen) atoms. The minimum atomic E-state index is -0.374. The molecule has 0 aliphatic carbocycles. The quantitative estimate of drug-likeness (QED) is 0.922. The Kier molecular flexibility index (Phi) is 4.87. The van der Waals surface area contributed by atoms with Crippen molar-refractivity contribution in [3.05, 3.63) is 29.6 Å². The predicted molar refractivity (Wildman–Crippen MR) is 86.7 cm³/mol. The van der Waals surface area contributed by atoms with Crippen LogP contribution in [0.1, 0.15) is 12.0 Å². The van der Waals surface area contributed by atoms with Gasteiger partial charge in [0.05, 0.1) is 24.5 Å². The van der Waals surface area contributed by atoms with Crippen molar-refractivity contribution in [3.8, 4) is 6.07 Å². The Bertz CT molecular complexity index is 563. The molecule has 1 unspecified atom stereocenters. The number of hydrogen-bond donors (Lipinski definition) is 1. The fourth-order valence-electron chi connectivity index (χ4n) is 3.16. The van der Waals surface area contributed by atoms with Gasteiger partial charge in [0.2, 0.25) is 0 Å². The maximum atomic E-state index is 13.2. The van der Waals surface area contributed by atoms with Gasteiger partial charge in [0.25, 0.3) is 0 Å². The molecule has 1 N–H and O–H groups in total. The molecule has 0 aromatic heterocycles. The van der Waals surface area contributed by atoms with Crippen molar-refractivity contribution in [1.29, 1.82) is 5.26 Å². The normalized spacial score (nSPS) is 25.8. The molecule has 2 heterocycles. The third-order valence-electron chi connectivity index (χ3n) is 4.47. The first-order valence-corrected chi connectivity index (χ1v) is 8.73. The molecule has 118 valence electrons. The van der Waals surface area contributed by atoms with Crippen LogP contribution in [0.25, 0.3) is 0 Å². The fourth-order valence-corrected chi connectivity index (χ4v) is 4.64. The highest BCUT2D eigenvalue weighted by molar-refractivity contribution is 7.99. The number of nitrogens with zero attached hydrogens (tertiary/aromatic N) is 2. The fraction of sp³-hybridized carbons (Fsp3) is 0.562. The zero-order chi connectivity index (χ0) is 15.4. The molecule has 2 fully saturated rings. The van der Waals surface area contributed by atoms with Gasteiger partial charge in [-0.3, -0.25) is 4.90 Å². The van der Waals surface area contributed by atoms with Crippen LogP contribution < -0.4 is 5.32 Å². The van der Waals surface area contributed by atoms with Crippen LogP contribution in [0.5, 0.6) is 0 Å². The van der Waals surface area contributed by atoms with E-state index in [1.165, 1.54) is 12.1 Å². The number of hydrogen-bond acceptors (Lipinski definition) is 5. The molecule has 2 aliphatic rings. The van der Waals surface area contributed by atoms with Gasteiger partial charge in [0, 0.05) is 30.9 Å². The minimum absolute atomic E-state index is 0.107. The number of rotatable bonds is 4. The highest BCUT2D eigenvalue weighted by atomic mass is 32.2. The molecule has 3 rings (SSSR count). The zero-order valence-corrected chi connectivity index (χ0v) is 13.3. The summed E-state index contributed by atoms with van der Waals surface area (Å²) in [6.45, 7) is 4.26. The molecule has 6 heteroatoms. The molecule has 1 atom stereocenters. The lowest BCUT2D eigenvalue weighted by molar-refractivity contribution is -0.00920. The van der Waals surface area contributed by atoms with Crippen molar-refractivity contribution >= 4 is 17.4 Å². The molecule has 0 bridgehead atoms. The second-order valence-corrected chi connectivity index (χ2v) is 6.89. The Morgan fingerprint density at radius 3 is 2.91 bits per heavy atom. The Labute approximate surface area is 134 Å². The van der Waals surface area contributed by atoms with Crippen LogP contribution in [0.3, 0.4) is 0 Å². The topological polar surface area (TPSA) is 48.3 Å². The van der Waals surface area contributed by atoms with Crippen molar-refractivity contribution in [1.82, 2.24) is 4.90 Å². The summed E-state index contributed by atoms with van der Waals surface area (Å²) in [5, 5.41) is 12.5. The first-order valence-electron chi connectivity index (χ1n) is 7.58. The van der Waals surface area contributed by atoms with Gasteiger partial charge in [0.15, 0.2) is 0 Å². The highest BCUT2D eigenvalue weighted by Crippen LogP contribution is 2.34. The Morgan fingerprint density at radius 1 is 1.41 bits per heavy atom. The monoisotopic (exact) mass is 321 g/mol. The SMILES string of the molecule is N#Cc1cc(F)ccc1NCC1(N2CCOCC2)CCSC1. The molecule has 2 aliphatic heterocycles. The average molecular weight is 321 g/mol. The molecule has 4 nitrogen and oxygen atoms in total. The van der Waals surface area contributed by atoms with Gasteiger partial charge in [0.1, 0.15) is 11.9 Å². The Hall–Kier alpha value is -1.29. The number of morpholine rings is 1. The third kappa shape index (κ3) is 3.22. The molecule has 0 spiro atoms. The van der Waals surface area contributed by atoms with Gasteiger partial charge in [-0.15, -0.1) is 0 Å². The molecule has 2 saturated heterocycles. The van der Waals surface area contributed by atoms with Gasteiger partial charge in [-0.05, 0) is 30.4 Å². The molecule has 1 aromatic rings. The molecular weight excluding hydrogens is 301 g/mol. The van der Waals surface area contributed by atoms with E-state index in [0.717, 1.165) is 50.8 Å². The largest absolute Gasteiger partial charge is 0.382 e. The maximum absolute atomic E-state index is 13.2. The van der Waals surface area contributed by atoms with Crippen LogP contribution in [0.15, 0.2) is 18.2 Å². The molecule has 0 amide bonds. The second kappa shape index (κ2) is 6.86. The highest BCUT2D eigenvalue weighted by Gasteiger charge is 2.40. The van der Waals surface area contributed by atoms with E-state index in [1.54, 1.807) is 6.07 Å². The Morgan fingerprint density at radius 2 is 2.23 bits per heavy atom. The van der Waals surface area contributed by atoms with Gasteiger partial charge >= 0.3 is 0 Å². The molecule has 0 radical (unpaired) electrons.